The van der Waals surface area contributed by atoms with Crippen LogP contribution in [0.25, 0.3) is 0 Å². The van der Waals surface area contributed by atoms with Gasteiger partial charge in [0.25, 0.3) is 0 Å². The zero-order valence-electron chi connectivity index (χ0n) is 18.3. The van der Waals surface area contributed by atoms with Crippen molar-refractivity contribution < 1.29 is 14.6 Å². The Morgan fingerprint density at radius 3 is 2.66 bits per heavy atom. The predicted molar refractivity (Wildman–Crippen MR) is 113 cm³/mol. The van der Waals surface area contributed by atoms with Crippen molar-refractivity contribution >= 4 is 12.2 Å². The molecule has 1 heterocycles. The Labute approximate surface area is 175 Å². The van der Waals surface area contributed by atoms with Crippen LogP contribution in [0.1, 0.15) is 85.0 Å². The van der Waals surface area contributed by atoms with Gasteiger partial charge in [-0.3, -0.25) is 9.79 Å². The molecule has 4 aliphatic carbocycles. The SMILES string of the molecule is CC(=O)O[C@H]1CC[C@]2(C)C3CC[C@]4(C)[C@@H](C5=CCC=N5)CC[C@]4(O)C3CC[C@@H]2C1. The van der Waals surface area contributed by atoms with E-state index in [1.165, 1.54) is 25.5 Å². The Morgan fingerprint density at radius 1 is 1.10 bits per heavy atom. The van der Waals surface area contributed by atoms with Crippen LogP contribution in [0.5, 0.6) is 0 Å². The molecule has 29 heavy (non-hydrogen) atoms. The van der Waals surface area contributed by atoms with Crippen LogP contribution in [0.3, 0.4) is 0 Å². The highest BCUT2D eigenvalue weighted by Gasteiger charge is 2.67. The highest BCUT2D eigenvalue weighted by molar-refractivity contribution is 5.66. The molecule has 0 radical (unpaired) electrons. The average Bonchev–Trinajstić information content (AvgIpc) is 3.27. The minimum atomic E-state index is -0.555. The first-order valence-electron chi connectivity index (χ1n) is 11.9. The van der Waals surface area contributed by atoms with E-state index in [0.717, 1.165) is 51.4 Å². The summed E-state index contributed by atoms with van der Waals surface area (Å²) in [6, 6.07) is 0. The molecule has 0 aromatic carbocycles. The molecule has 4 nitrogen and oxygen atoms in total. The number of aliphatic imine (C=N–C) groups is 1. The summed E-state index contributed by atoms with van der Waals surface area (Å²) in [5.74, 6) is 1.89. The van der Waals surface area contributed by atoms with E-state index >= 15 is 0 Å². The molecule has 160 valence electrons. The first-order valence-corrected chi connectivity index (χ1v) is 11.9. The second kappa shape index (κ2) is 6.67. The van der Waals surface area contributed by atoms with Gasteiger partial charge in [0.15, 0.2) is 0 Å². The van der Waals surface area contributed by atoms with Crippen molar-refractivity contribution in [1.29, 1.82) is 0 Å². The predicted octanol–water partition coefficient (Wildman–Crippen LogP) is 5.05. The smallest absolute Gasteiger partial charge is 0.302 e. The summed E-state index contributed by atoms with van der Waals surface area (Å²) in [6.45, 7) is 6.38. The van der Waals surface area contributed by atoms with Crippen LogP contribution in [-0.4, -0.2) is 29.0 Å². The minimum Gasteiger partial charge on any atom is -0.463 e. The molecule has 0 spiro atoms. The summed E-state index contributed by atoms with van der Waals surface area (Å²) in [6.07, 6.45) is 15.1. The van der Waals surface area contributed by atoms with E-state index < -0.39 is 5.60 Å². The molecule has 4 saturated carbocycles. The highest BCUT2D eigenvalue weighted by Crippen LogP contribution is 2.70. The van der Waals surface area contributed by atoms with Crippen LogP contribution in [0, 0.1) is 34.5 Å². The molecule has 8 atom stereocenters. The van der Waals surface area contributed by atoms with Gasteiger partial charge in [0, 0.05) is 36.6 Å². The van der Waals surface area contributed by atoms with E-state index in [4.69, 9.17) is 4.74 Å². The molecule has 5 rings (SSSR count). The van der Waals surface area contributed by atoms with Gasteiger partial charge in [-0.1, -0.05) is 19.9 Å². The number of allylic oxidation sites excluding steroid dienone is 2. The van der Waals surface area contributed by atoms with Gasteiger partial charge in [0.05, 0.1) is 5.60 Å². The summed E-state index contributed by atoms with van der Waals surface area (Å²) in [4.78, 5) is 16.1. The van der Waals surface area contributed by atoms with Gasteiger partial charge in [0.2, 0.25) is 0 Å². The van der Waals surface area contributed by atoms with E-state index in [2.05, 4.69) is 24.9 Å². The Kier molecular flexibility index (Phi) is 4.55. The molecule has 4 fully saturated rings. The zero-order chi connectivity index (χ0) is 20.4. The van der Waals surface area contributed by atoms with Crippen molar-refractivity contribution in [2.45, 2.75) is 96.7 Å². The lowest BCUT2D eigenvalue weighted by Crippen LogP contribution is -2.62. The van der Waals surface area contributed by atoms with Crippen LogP contribution in [0.4, 0.5) is 0 Å². The van der Waals surface area contributed by atoms with Gasteiger partial charge in [-0.15, -0.1) is 0 Å². The fourth-order valence-corrected chi connectivity index (χ4v) is 8.62. The second-order valence-corrected chi connectivity index (χ2v) is 11.1. The van der Waals surface area contributed by atoms with Crippen LogP contribution >= 0.6 is 0 Å². The van der Waals surface area contributed by atoms with Gasteiger partial charge >= 0.3 is 5.97 Å². The number of hydrogen-bond donors (Lipinski definition) is 1. The first-order chi connectivity index (χ1) is 13.8. The Morgan fingerprint density at radius 2 is 1.93 bits per heavy atom. The third-order valence-corrected chi connectivity index (χ3v) is 10.2. The number of carbonyl (C=O) groups excluding carboxylic acids is 1. The van der Waals surface area contributed by atoms with Gasteiger partial charge < -0.3 is 9.84 Å². The molecule has 0 aromatic heterocycles. The third-order valence-electron chi connectivity index (χ3n) is 10.2. The Balaban J connectivity index is 1.40. The molecular formula is C25H37NO3. The Hall–Kier alpha value is -1.16. The third kappa shape index (κ3) is 2.73. The number of carbonyl (C=O) groups is 1. The lowest BCUT2D eigenvalue weighted by atomic mass is 9.43. The van der Waals surface area contributed by atoms with Crippen LogP contribution in [0.15, 0.2) is 16.8 Å². The minimum absolute atomic E-state index is 0.0418. The van der Waals surface area contributed by atoms with Crippen molar-refractivity contribution in [2.75, 3.05) is 0 Å². The lowest BCUT2D eigenvalue weighted by molar-refractivity contribution is -0.209. The van der Waals surface area contributed by atoms with E-state index in [0.29, 0.717) is 23.7 Å². The fraction of sp³-hybridized carbons (Fsp3) is 0.840. The molecule has 2 unspecified atom stereocenters. The van der Waals surface area contributed by atoms with Crippen molar-refractivity contribution in [3.63, 3.8) is 0 Å². The summed E-state index contributed by atoms with van der Waals surface area (Å²) >= 11 is 0. The van der Waals surface area contributed by atoms with E-state index in [9.17, 15) is 9.90 Å². The summed E-state index contributed by atoms with van der Waals surface area (Å²) in [7, 11) is 0. The molecule has 1 aliphatic heterocycles. The molecular weight excluding hydrogens is 362 g/mol. The molecule has 0 amide bonds. The quantitative estimate of drug-likeness (QED) is 0.661. The molecule has 4 heteroatoms. The number of ether oxygens (including phenoxy) is 1. The molecule has 0 bridgehead atoms. The number of nitrogens with zero attached hydrogens (tertiary/aromatic N) is 1. The number of hydrogen-bond acceptors (Lipinski definition) is 4. The van der Waals surface area contributed by atoms with Crippen molar-refractivity contribution in [3.8, 4) is 0 Å². The molecule has 1 N–H and O–H groups in total. The van der Waals surface area contributed by atoms with Crippen molar-refractivity contribution in [1.82, 2.24) is 0 Å². The van der Waals surface area contributed by atoms with Gasteiger partial charge in [-0.25, -0.2) is 0 Å². The van der Waals surface area contributed by atoms with Gasteiger partial charge in [0.1, 0.15) is 6.10 Å². The maximum absolute atomic E-state index is 12.2. The van der Waals surface area contributed by atoms with Crippen molar-refractivity contribution in [2.24, 2.45) is 39.5 Å². The summed E-state index contributed by atoms with van der Waals surface area (Å²) < 4.78 is 5.59. The zero-order valence-corrected chi connectivity index (χ0v) is 18.3. The summed E-state index contributed by atoms with van der Waals surface area (Å²) in [5, 5.41) is 12.2. The monoisotopic (exact) mass is 399 g/mol. The second-order valence-electron chi connectivity index (χ2n) is 11.1. The van der Waals surface area contributed by atoms with E-state index in [-0.39, 0.29) is 22.9 Å². The number of esters is 1. The van der Waals surface area contributed by atoms with Crippen molar-refractivity contribution in [3.05, 3.63) is 11.8 Å². The number of fused-ring (bicyclic) bond motifs is 5. The lowest BCUT2D eigenvalue weighted by Gasteiger charge is -2.63. The standard InChI is InChI=1S/C25H37NO3/c1-16(27)29-18-8-11-23(2)17(15-18)6-7-20-19(23)9-12-24(3)21(10-13-25(20,24)28)22-5-4-14-26-22/h5,14,17-21,28H,4,6-13,15H2,1-3H3/t17-,18+,19?,20?,21-,23+,24-,25+/m1/s1. The first kappa shape index (κ1) is 19.8. The molecule has 5 aliphatic rings. The Bertz CT molecular complexity index is 759. The molecule has 0 saturated heterocycles. The fourth-order valence-electron chi connectivity index (χ4n) is 8.62. The van der Waals surface area contributed by atoms with E-state index in [1.807, 2.05) is 6.21 Å². The number of rotatable bonds is 2. The van der Waals surface area contributed by atoms with Crippen LogP contribution in [0.2, 0.25) is 0 Å². The van der Waals surface area contributed by atoms with Gasteiger partial charge in [-0.2, -0.15) is 0 Å². The van der Waals surface area contributed by atoms with Crippen LogP contribution in [-0.2, 0) is 9.53 Å². The highest BCUT2D eigenvalue weighted by atomic mass is 16.5. The largest absolute Gasteiger partial charge is 0.463 e. The maximum atomic E-state index is 12.2. The number of aliphatic hydroxyl groups is 1. The average molecular weight is 400 g/mol. The topological polar surface area (TPSA) is 58.9 Å². The van der Waals surface area contributed by atoms with E-state index in [1.54, 1.807) is 0 Å². The van der Waals surface area contributed by atoms with Crippen LogP contribution < -0.4 is 0 Å². The maximum Gasteiger partial charge on any atom is 0.302 e. The molecule has 0 aromatic rings. The van der Waals surface area contributed by atoms with Gasteiger partial charge in [-0.05, 0) is 81.0 Å². The summed E-state index contributed by atoms with van der Waals surface area (Å²) in [5.41, 5.74) is 0.920. The normalized spacial score (nSPS) is 51.0.